The smallest absolute Gasteiger partial charge is 0.388 e. The molecule has 0 unspecified atom stereocenters. The Labute approximate surface area is 166 Å². The Morgan fingerprint density at radius 2 is 2.00 bits per heavy atom. The van der Waals surface area contributed by atoms with Crippen LogP contribution in [0.5, 0.6) is 5.88 Å². The molecule has 6 nitrogen and oxygen atoms in total. The molecule has 3 aromatic rings. The predicted molar refractivity (Wildman–Crippen MR) is 106 cm³/mol. The van der Waals surface area contributed by atoms with E-state index in [1.54, 1.807) is 12.1 Å². The van der Waals surface area contributed by atoms with E-state index in [0.29, 0.717) is 18.7 Å². The number of hydrogen-bond acceptors (Lipinski definition) is 5. The van der Waals surface area contributed by atoms with E-state index >= 15 is 0 Å². The maximum Gasteiger partial charge on any atom is 0.388 e. The number of pyridine rings is 2. The number of fused-ring (bicyclic) bond motifs is 1. The molecule has 29 heavy (non-hydrogen) atoms. The second-order valence-corrected chi connectivity index (χ2v) is 7.12. The van der Waals surface area contributed by atoms with Crippen LogP contribution in [0.2, 0.25) is 0 Å². The van der Waals surface area contributed by atoms with E-state index < -0.39 is 6.61 Å². The maximum atomic E-state index is 12.6. The van der Waals surface area contributed by atoms with Crippen molar-refractivity contribution < 1.29 is 18.3 Å². The van der Waals surface area contributed by atoms with Crippen LogP contribution >= 0.6 is 0 Å². The number of carbonyl (C=O) groups excluding carboxylic acids is 1. The van der Waals surface area contributed by atoms with Crippen LogP contribution in [-0.4, -0.2) is 41.6 Å². The molecule has 8 heteroatoms. The molecule has 0 atom stereocenters. The zero-order chi connectivity index (χ0) is 20.5. The molecule has 1 saturated heterocycles. The Morgan fingerprint density at radius 3 is 2.69 bits per heavy atom. The number of aryl methyl sites for hydroxylation is 2. The fraction of sp³-hybridized carbons (Fsp3) is 0.286. The summed E-state index contributed by atoms with van der Waals surface area (Å²) in [5.41, 5.74) is 4.30. The number of hydrogen-bond donors (Lipinski definition) is 1. The first-order valence-corrected chi connectivity index (χ1v) is 9.24. The minimum Gasteiger partial charge on any atom is -0.417 e. The third kappa shape index (κ3) is 4.11. The Balaban J connectivity index is 1.36. The van der Waals surface area contributed by atoms with Crippen molar-refractivity contribution in [2.75, 3.05) is 18.0 Å². The van der Waals surface area contributed by atoms with Crippen LogP contribution in [0.1, 0.15) is 21.6 Å². The number of nitrogens with zero attached hydrogens (tertiary/aromatic N) is 3. The van der Waals surface area contributed by atoms with Crippen molar-refractivity contribution in [1.29, 1.82) is 0 Å². The molecule has 0 radical (unpaired) electrons. The molecule has 0 bridgehead atoms. The zero-order valence-electron chi connectivity index (χ0n) is 16.0. The fourth-order valence-corrected chi connectivity index (χ4v) is 3.47. The molecule has 4 rings (SSSR count). The molecule has 0 saturated carbocycles. The van der Waals surface area contributed by atoms with Gasteiger partial charge in [-0.25, -0.2) is 4.98 Å². The van der Waals surface area contributed by atoms with Crippen LogP contribution in [0, 0.1) is 13.8 Å². The van der Waals surface area contributed by atoms with E-state index in [-0.39, 0.29) is 17.8 Å². The quantitative estimate of drug-likeness (QED) is 0.713. The summed E-state index contributed by atoms with van der Waals surface area (Å²) in [6.07, 6.45) is 1.48. The normalized spacial score (nSPS) is 14.2. The van der Waals surface area contributed by atoms with Gasteiger partial charge >= 0.3 is 6.61 Å². The number of alkyl halides is 2. The Hall–Kier alpha value is -3.29. The SMILES string of the molecule is Cc1cc(C)c2cc(C(=O)NC3CN(c4ccc(OC(F)F)nc4)C3)ccc2n1. The summed E-state index contributed by atoms with van der Waals surface area (Å²) in [6, 6.07) is 10.6. The number of anilines is 1. The lowest BCUT2D eigenvalue weighted by atomic mass is 10.0. The van der Waals surface area contributed by atoms with Gasteiger partial charge < -0.3 is 15.0 Å². The molecule has 0 spiro atoms. The van der Waals surface area contributed by atoms with Gasteiger partial charge in [-0.3, -0.25) is 9.78 Å². The van der Waals surface area contributed by atoms with Gasteiger partial charge in [-0.15, -0.1) is 0 Å². The second kappa shape index (κ2) is 7.62. The molecular formula is C21H20F2N4O2. The van der Waals surface area contributed by atoms with E-state index in [1.165, 1.54) is 12.3 Å². The lowest BCUT2D eigenvalue weighted by Gasteiger charge is -2.41. The third-order valence-electron chi connectivity index (χ3n) is 4.92. The van der Waals surface area contributed by atoms with Gasteiger partial charge in [0, 0.05) is 35.8 Å². The van der Waals surface area contributed by atoms with Crippen LogP contribution in [0.4, 0.5) is 14.5 Å². The van der Waals surface area contributed by atoms with Crippen LogP contribution in [0.15, 0.2) is 42.6 Å². The maximum absolute atomic E-state index is 12.6. The monoisotopic (exact) mass is 398 g/mol. The van der Waals surface area contributed by atoms with Gasteiger partial charge in [0.2, 0.25) is 5.88 Å². The summed E-state index contributed by atoms with van der Waals surface area (Å²) in [5.74, 6) is -0.249. The number of benzene rings is 1. The highest BCUT2D eigenvalue weighted by atomic mass is 19.3. The average Bonchev–Trinajstić information content (AvgIpc) is 2.64. The molecule has 150 valence electrons. The molecular weight excluding hydrogens is 378 g/mol. The van der Waals surface area contributed by atoms with E-state index in [0.717, 1.165) is 27.8 Å². The molecule has 1 aromatic carbocycles. The van der Waals surface area contributed by atoms with E-state index in [9.17, 15) is 13.6 Å². The standard InChI is InChI=1S/C21H20F2N4O2/c1-12-7-13(2)25-18-5-3-14(8-17(12)18)20(28)26-15-10-27(11-15)16-4-6-19(24-9-16)29-21(22)23/h3-9,15,21H,10-11H2,1-2H3,(H,26,28). The first kappa shape index (κ1) is 19.0. The third-order valence-corrected chi connectivity index (χ3v) is 4.92. The van der Waals surface area contributed by atoms with Crippen molar-refractivity contribution >= 4 is 22.5 Å². The van der Waals surface area contributed by atoms with Gasteiger partial charge in [0.25, 0.3) is 5.91 Å². The summed E-state index contributed by atoms with van der Waals surface area (Å²) in [7, 11) is 0. The van der Waals surface area contributed by atoms with Crippen molar-refractivity contribution in [3.63, 3.8) is 0 Å². The minimum atomic E-state index is -2.89. The van der Waals surface area contributed by atoms with Crippen LogP contribution < -0.4 is 15.0 Å². The fourth-order valence-electron chi connectivity index (χ4n) is 3.47. The van der Waals surface area contributed by atoms with Crippen molar-refractivity contribution in [2.24, 2.45) is 0 Å². The molecule has 1 aliphatic heterocycles. The lowest BCUT2D eigenvalue weighted by Crippen LogP contribution is -2.59. The van der Waals surface area contributed by atoms with Gasteiger partial charge in [-0.1, -0.05) is 0 Å². The Kier molecular flexibility index (Phi) is 5.00. The predicted octanol–water partition coefficient (Wildman–Crippen LogP) is 3.47. The number of aromatic nitrogens is 2. The van der Waals surface area contributed by atoms with Gasteiger partial charge in [-0.05, 0) is 49.7 Å². The second-order valence-electron chi connectivity index (χ2n) is 7.12. The van der Waals surface area contributed by atoms with Crippen molar-refractivity contribution in [3.05, 3.63) is 59.4 Å². The number of ether oxygens (including phenoxy) is 1. The molecule has 0 aliphatic carbocycles. The van der Waals surface area contributed by atoms with Crippen LogP contribution in [-0.2, 0) is 0 Å². The number of rotatable bonds is 5. The van der Waals surface area contributed by atoms with Gasteiger partial charge in [0.15, 0.2) is 0 Å². The van der Waals surface area contributed by atoms with Gasteiger partial charge in [-0.2, -0.15) is 8.78 Å². The number of amides is 1. The van der Waals surface area contributed by atoms with Gasteiger partial charge in [0.05, 0.1) is 23.4 Å². The Morgan fingerprint density at radius 1 is 1.21 bits per heavy atom. The Bertz CT molecular complexity index is 1050. The molecule has 1 aliphatic rings. The average molecular weight is 398 g/mol. The largest absolute Gasteiger partial charge is 0.417 e. The van der Waals surface area contributed by atoms with Crippen LogP contribution in [0.25, 0.3) is 10.9 Å². The molecule has 1 fully saturated rings. The van der Waals surface area contributed by atoms with Crippen molar-refractivity contribution in [3.8, 4) is 5.88 Å². The first-order valence-electron chi connectivity index (χ1n) is 9.24. The van der Waals surface area contributed by atoms with E-state index in [1.807, 2.05) is 36.9 Å². The van der Waals surface area contributed by atoms with Crippen LogP contribution in [0.3, 0.4) is 0 Å². The molecule has 1 amide bonds. The minimum absolute atomic E-state index is 0.00688. The number of carbonyl (C=O) groups is 1. The topological polar surface area (TPSA) is 67.4 Å². The summed E-state index contributed by atoms with van der Waals surface area (Å²) < 4.78 is 28.6. The summed E-state index contributed by atoms with van der Waals surface area (Å²) in [5, 5.41) is 3.99. The van der Waals surface area contributed by atoms with Crippen molar-refractivity contribution in [1.82, 2.24) is 15.3 Å². The van der Waals surface area contributed by atoms with Gasteiger partial charge in [0.1, 0.15) is 0 Å². The number of nitrogens with one attached hydrogen (secondary N) is 1. The molecule has 3 heterocycles. The summed E-state index contributed by atoms with van der Waals surface area (Å²) in [6.45, 7) is 2.31. The highest BCUT2D eigenvalue weighted by molar-refractivity contribution is 5.98. The zero-order valence-corrected chi connectivity index (χ0v) is 16.0. The highest BCUT2D eigenvalue weighted by Crippen LogP contribution is 2.23. The lowest BCUT2D eigenvalue weighted by molar-refractivity contribution is -0.0528. The van der Waals surface area contributed by atoms with E-state index in [2.05, 4.69) is 20.0 Å². The summed E-state index contributed by atoms with van der Waals surface area (Å²) in [4.78, 5) is 23.0. The molecule has 2 aromatic heterocycles. The first-order chi connectivity index (χ1) is 13.9. The summed E-state index contributed by atoms with van der Waals surface area (Å²) >= 11 is 0. The van der Waals surface area contributed by atoms with E-state index in [4.69, 9.17) is 0 Å². The highest BCUT2D eigenvalue weighted by Gasteiger charge is 2.29. The number of halogens is 2. The van der Waals surface area contributed by atoms with Crippen molar-refractivity contribution in [2.45, 2.75) is 26.5 Å². The molecule has 1 N–H and O–H groups in total.